The highest BCUT2D eigenvalue weighted by molar-refractivity contribution is 7.99. The van der Waals surface area contributed by atoms with E-state index in [-0.39, 0.29) is 11.6 Å². The molecule has 3 aromatic carbocycles. The molecule has 0 aliphatic rings. The fourth-order valence-corrected chi connectivity index (χ4v) is 3.16. The number of nitrogens with zero attached hydrogens (tertiary/aromatic N) is 1. The van der Waals surface area contributed by atoms with Crippen LogP contribution in [0.5, 0.6) is 0 Å². The van der Waals surface area contributed by atoms with Crippen LogP contribution >= 0.6 is 11.8 Å². The Bertz CT molecular complexity index is 899. The molecule has 144 valence electrons. The molecule has 0 atom stereocenters. The Morgan fingerprint density at radius 1 is 0.857 bits per heavy atom. The van der Waals surface area contributed by atoms with Crippen molar-refractivity contribution in [1.82, 2.24) is 0 Å². The van der Waals surface area contributed by atoms with Crippen LogP contribution in [-0.2, 0) is 4.79 Å². The maximum atomic E-state index is 12.8. The summed E-state index contributed by atoms with van der Waals surface area (Å²) >= 11 is 1.58. The minimum absolute atomic E-state index is 0.304. The second kappa shape index (κ2) is 11.0. The first kappa shape index (κ1) is 21.3. The number of thioether (sulfide) groups is 1. The van der Waals surface area contributed by atoms with Gasteiger partial charge in [0.2, 0.25) is 6.41 Å². The molecule has 6 heteroatoms. The fraction of sp³-hybridized carbons (Fsp3) is 0.0909. The molecule has 0 spiro atoms. The molecule has 0 aromatic heterocycles. The minimum Gasteiger partial charge on any atom is -0.305 e. The SMILES string of the molecule is Cc1ccccc1SCN(C=O)c1ccc(F)cc1.O=Cc1ccc(F)cc1. The Kier molecular flexibility index (Phi) is 8.37. The zero-order valence-corrected chi connectivity index (χ0v) is 16.0. The molecule has 0 saturated heterocycles. The van der Waals surface area contributed by atoms with Crippen molar-refractivity contribution in [3.8, 4) is 0 Å². The highest BCUT2D eigenvalue weighted by Gasteiger charge is 2.07. The largest absolute Gasteiger partial charge is 0.305 e. The van der Waals surface area contributed by atoms with Crippen LogP contribution in [0.4, 0.5) is 14.5 Å². The first-order chi connectivity index (χ1) is 13.5. The molecule has 1 amide bonds. The van der Waals surface area contributed by atoms with Gasteiger partial charge in [-0.15, -0.1) is 11.8 Å². The summed E-state index contributed by atoms with van der Waals surface area (Å²) in [7, 11) is 0. The molecule has 3 rings (SSSR count). The predicted molar refractivity (Wildman–Crippen MR) is 109 cm³/mol. The van der Waals surface area contributed by atoms with Crippen molar-refractivity contribution in [2.75, 3.05) is 10.8 Å². The number of aldehydes is 1. The van der Waals surface area contributed by atoms with Crippen molar-refractivity contribution in [1.29, 1.82) is 0 Å². The van der Waals surface area contributed by atoms with Gasteiger partial charge in [0.25, 0.3) is 0 Å². The number of hydrogen-bond acceptors (Lipinski definition) is 3. The summed E-state index contributed by atoms with van der Waals surface area (Å²) in [4.78, 5) is 23.8. The summed E-state index contributed by atoms with van der Waals surface area (Å²) in [6.07, 6.45) is 1.44. The van der Waals surface area contributed by atoms with Crippen molar-refractivity contribution >= 4 is 30.1 Å². The lowest BCUT2D eigenvalue weighted by Gasteiger charge is -2.17. The summed E-state index contributed by atoms with van der Waals surface area (Å²) in [6.45, 7) is 2.03. The average molecular weight is 399 g/mol. The van der Waals surface area contributed by atoms with E-state index in [1.807, 2.05) is 31.2 Å². The molecule has 3 aromatic rings. The number of anilines is 1. The van der Waals surface area contributed by atoms with Gasteiger partial charge in [-0.3, -0.25) is 9.59 Å². The Morgan fingerprint density at radius 2 is 1.43 bits per heavy atom. The third-order valence-corrected chi connectivity index (χ3v) is 4.92. The van der Waals surface area contributed by atoms with E-state index in [0.717, 1.165) is 11.3 Å². The quantitative estimate of drug-likeness (QED) is 0.313. The van der Waals surface area contributed by atoms with E-state index < -0.39 is 0 Å². The van der Waals surface area contributed by atoms with Crippen molar-refractivity contribution in [2.45, 2.75) is 11.8 Å². The molecular formula is C22H19F2NO2S. The van der Waals surface area contributed by atoms with Gasteiger partial charge < -0.3 is 4.90 Å². The first-order valence-corrected chi connectivity index (χ1v) is 9.38. The van der Waals surface area contributed by atoms with Gasteiger partial charge in [-0.2, -0.15) is 0 Å². The van der Waals surface area contributed by atoms with E-state index in [4.69, 9.17) is 0 Å². The molecule has 0 fully saturated rings. The highest BCUT2D eigenvalue weighted by atomic mass is 32.2. The average Bonchev–Trinajstić information content (AvgIpc) is 2.72. The number of aryl methyl sites for hydroxylation is 1. The van der Waals surface area contributed by atoms with Crippen LogP contribution in [0.2, 0.25) is 0 Å². The van der Waals surface area contributed by atoms with E-state index in [2.05, 4.69) is 0 Å². The monoisotopic (exact) mass is 399 g/mol. The molecule has 0 heterocycles. The van der Waals surface area contributed by atoms with Gasteiger partial charge >= 0.3 is 0 Å². The molecule has 0 bridgehead atoms. The van der Waals surface area contributed by atoms with Crippen molar-refractivity contribution in [3.05, 3.63) is 95.6 Å². The standard InChI is InChI=1S/C15H14FNOS.C7H5FO/c1-12-4-2-3-5-15(12)19-11-17(10-18)14-8-6-13(16)7-9-14;8-7-3-1-6(5-9)2-4-7/h2-10H,11H2,1H3;1-5H. The lowest BCUT2D eigenvalue weighted by molar-refractivity contribution is -0.107. The molecular weight excluding hydrogens is 380 g/mol. The van der Waals surface area contributed by atoms with Crippen LogP contribution in [0.3, 0.4) is 0 Å². The van der Waals surface area contributed by atoms with E-state index in [1.54, 1.807) is 28.8 Å². The minimum atomic E-state index is -0.319. The molecule has 0 N–H and O–H groups in total. The maximum Gasteiger partial charge on any atom is 0.214 e. The number of halogens is 2. The second-order valence-corrected chi connectivity index (χ2v) is 6.75. The number of amides is 1. The van der Waals surface area contributed by atoms with Crippen LogP contribution in [0.1, 0.15) is 15.9 Å². The van der Waals surface area contributed by atoms with Crippen molar-refractivity contribution < 1.29 is 18.4 Å². The molecule has 28 heavy (non-hydrogen) atoms. The Labute approximate surface area is 167 Å². The van der Waals surface area contributed by atoms with E-state index in [0.29, 0.717) is 23.4 Å². The topological polar surface area (TPSA) is 37.4 Å². The number of rotatable bonds is 6. The van der Waals surface area contributed by atoms with Crippen molar-refractivity contribution in [2.24, 2.45) is 0 Å². The van der Waals surface area contributed by atoms with E-state index >= 15 is 0 Å². The summed E-state index contributed by atoms with van der Waals surface area (Å²) < 4.78 is 25.0. The summed E-state index contributed by atoms with van der Waals surface area (Å²) in [5.41, 5.74) is 2.37. The van der Waals surface area contributed by atoms with Gasteiger partial charge in [-0.25, -0.2) is 8.78 Å². The van der Waals surface area contributed by atoms with Crippen LogP contribution in [0.15, 0.2) is 77.7 Å². The van der Waals surface area contributed by atoms with Gasteiger partial charge in [0.1, 0.15) is 17.9 Å². The Hall–Kier alpha value is -2.99. The van der Waals surface area contributed by atoms with Gasteiger partial charge in [0, 0.05) is 16.1 Å². The molecule has 0 unspecified atom stereocenters. The lowest BCUT2D eigenvalue weighted by atomic mass is 10.2. The van der Waals surface area contributed by atoms with Gasteiger partial charge in [0.05, 0.1) is 5.88 Å². The number of carbonyl (C=O) groups excluding carboxylic acids is 2. The Morgan fingerprint density at radius 3 is 1.96 bits per heavy atom. The second-order valence-electron chi connectivity index (χ2n) is 5.76. The van der Waals surface area contributed by atoms with E-state index in [1.165, 1.54) is 42.0 Å². The molecule has 0 saturated carbocycles. The van der Waals surface area contributed by atoms with Crippen LogP contribution in [0, 0.1) is 18.6 Å². The van der Waals surface area contributed by atoms with Gasteiger partial charge in [0.15, 0.2) is 0 Å². The number of benzene rings is 3. The third-order valence-electron chi connectivity index (χ3n) is 3.74. The third kappa shape index (κ3) is 6.63. The van der Waals surface area contributed by atoms with Crippen molar-refractivity contribution in [3.63, 3.8) is 0 Å². The fourth-order valence-electron chi connectivity index (χ4n) is 2.20. The van der Waals surface area contributed by atoms with Crippen LogP contribution in [0.25, 0.3) is 0 Å². The van der Waals surface area contributed by atoms with Gasteiger partial charge in [-0.1, -0.05) is 18.2 Å². The van der Waals surface area contributed by atoms with E-state index in [9.17, 15) is 18.4 Å². The molecule has 3 nitrogen and oxygen atoms in total. The predicted octanol–water partition coefficient (Wildman–Crippen LogP) is 5.48. The number of hydrogen-bond donors (Lipinski definition) is 0. The lowest BCUT2D eigenvalue weighted by Crippen LogP contribution is -2.20. The smallest absolute Gasteiger partial charge is 0.214 e. The number of carbonyl (C=O) groups is 2. The molecule has 0 radical (unpaired) electrons. The summed E-state index contributed by atoms with van der Waals surface area (Å²) in [5.74, 6) is -0.123. The normalized spacial score (nSPS) is 9.82. The molecule has 0 aliphatic carbocycles. The summed E-state index contributed by atoms with van der Waals surface area (Å²) in [5, 5.41) is 0. The zero-order valence-electron chi connectivity index (χ0n) is 15.2. The Balaban J connectivity index is 0.000000261. The summed E-state index contributed by atoms with van der Waals surface area (Å²) in [6, 6.07) is 19.3. The van der Waals surface area contributed by atoms with Gasteiger partial charge in [-0.05, 0) is 67.1 Å². The highest BCUT2D eigenvalue weighted by Crippen LogP contribution is 2.24. The maximum absolute atomic E-state index is 12.8. The zero-order chi connectivity index (χ0) is 20.4. The van der Waals surface area contributed by atoms with Crippen LogP contribution < -0.4 is 4.90 Å². The van der Waals surface area contributed by atoms with Crippen LogP contribution in [-0.4, -0.2) is 18.6 Å². The first-order valence-electron chi connectivity index (χ1n) is 8.40. The molecule has 0 aliphatic heterocycles.